The van der Waals surface area contributed by atoms with Crippen LogP contribution >= 0.6 is 0 Å². The van der Waals surface area contributed by atoms with Gasteiger partial charge in [-0.25, -0.2) is 8.42 Å². The van der Waals surface area contributed by atoms with Crippen LogP contribution in [0.2, 0.25) is 0 Å². The lowest BCUT2D eigenvalue weighted by Crippen LogP contribution is -2.46. The second-order valence-electron chi connectivity index (χ2n) is 6.78. The minimum Gasteiger partial charge on any atom is -0.346 e. The fourth-order valence-electron chi connectivity index (χ4n) is 2.66. The Balaban J connectivity index is 2.03. The summed E-state index contributed by atoms with van der Waals surface area (Å²) in [5.41, 5.74) is 7.57. The van der Waals surface area contributed by atoms with Crippen LogP contribution < -0.4 is 20.7 Å². The van der Waals surface area contributed by atoms with Crippen LogP contribution in [0.3, 0.4) is 0 Å². The lowest BCUT2D eigenvalue weighted by Gasteiger charge is -2.20. The van der Waals surface area contributed by atoms with Gasteiger partial charge in [-0.2, -0.15) is 0 Å². The molecule has 1 aliphatic heterocycles. The molecule has 2 rings (SSSR count). The van der Waals surface area contributed by atoms with E-state index < -0.39 is 22.0 Å². The highest BCUT2D eigenvalue weighted by molar-refractivity contribution is 7.93. The molecule has 2 amide bonds. The van der Waals surface area contributed by atoms with Gasteiger partial charge in [-0.05, 0) is 37.0 Å². The number of carbonyl (C=O) groups excluding carboxylic acids is 2. The van der Waals surface area contributed by atoms with Gasteiger partial charge in [0.05, 0.1) is 24.0 Å². The Morgan fingerprint density at radius 3 is 2.58 bits per heavy atom. The van der Waals surface area contributed by atoms with Gasteiger partial charge in [-0.3, -0.25) is 13.9 Å². The molecule has 0 unspecified atom stereocenters. The number of amides is 2. The van der Waals surface area contributed by atoms with Crippen LogP contribution in [0.25, 0.3) is 0 Å². The molecule has 26 heavy (non-hydrogen) atoms. The lowest BCUT2D eigenvalue weighted by molar-refractivity contribution is -0.125. The molecule has 0 aliphatic carbocycles. The maximum absolute atomic E-state index is 12.1. The average Bonchev–Trinajstić information content (AvgIpc) is 2.92. The molecule has 4 N–H and O–H groups in total. The smallest absolute Gasteiger partial charge is 0.243 e. The third kappa shape index (κ3) is 4.73. The van der Waals surface area contributed by atoms with Crippen molar-refractivity contribution in [3.8, 4) is 0 Å². The standard InChI is InChI=1S/C17H26N4O4S/c1-11(2)16(18)17(23)19-10-15(22)20-13-6-5-12(3)14(9-13)21-7-4-8-26(21,24)25/h5-6,9,11,16H,4,7-8,10,18H2,1-3H3,(H,19,23)(H,20,22)/t16-/m0/s1. The number of rotatable bonds is 6. The van der Waals surface area contributed by atoms with Gasteiger partial charge in [0.15, 0.2) is 0 Å². The molecule has 1 atom stereocenters. The minimum atomic E-state index is -3.30. The first-order valence-electron chi connectivity index (χ1n) is 8.56. The number of aryl methyl sites for hydroxylation is 1. The fraction of sp³-hybridized carbons (Fsp3) is 0.529. The number of benzene rings is 1. The molecule has 0 radical (unpaired) electrons. The third-order valence-corrected chi connectivity index (χ3v) is 6.16. The maximum Gasteiger partial charge on any atom is 0.243 e. The maximum atomic E-state index is 12.1. The van der Waals surface area contributed by atoms with Crippen molar-refractivity contribution in [2.24, 2.45) is 11.7 Å². The zero-order chi connectivity index (χ0) is 19.5. The molecule has 1 fully saturated rings. The lowest BCUT2D eigenvalue weighted by atomic mass is 10.1. The predicted octanol–water partition coefficient (Wildman–Crippen LogP) is 0.573. The van der Waals surface area contributed by atoms with Gasteiger partial charge in [-0.1, -0.05) is 19.9 Å². The SMILES string of the molecule is Cc1ccc(NC(=O)CNC(=O)[C@@H](N)C(C)C)cc1N1CCCS1(=O)=O. The normalized spacial score (nSPS) is 17.2. The molecule has 8 nitrogen and oxygen atoms in total. The highest BCUT2D eigenvalue weighted by atomic mass is 32.2. The number of sulfonamides is 1. The predicted molar refractivity (Wildman–Crippen MR) is 101 cm³/mol. The largest absolute Gasteiger partial charge is 0.346 e. The van der Waals surface area contributed by atoms with E-state index in [1.807, 2.05) is 20.8 Å². The molecular formula is C17H26N4O4S. The van der Waals surface area contributed by atoms with E-state index in [0.29, 0.717) is 24.3 Å². The first-order valence-corrected chi connectivity index (χ1v) is 10.2. The topological polar surface area (TPSA) is 122 Å². The minimum absolute atomic E-state index is 0.0277. The Bertz CT molecular complexity index is 792. The second kappa shape index (κ2) is 8.05. The van der Waals surface area contributed by atoms with E-state index in [-0.39, 0.29) is 24.1 Å². The van der Waals surface area contributed by atoms with Gasteiger partial charge in [0.2, 0.25) is 21.8 Å². The summed E-state index contributed by atoms with van der Waals surface area (Å²) < 4.78 is 25.6. The molecule has 0 saturated carbocycles. The average molecular weight is 382 g/mol. The van der Waals surface area contributed by atoms with Crippen LogP contribution in [0, 0.1) is 12.8 Å². The number of hydrogen-bond donors (Lipinski definition) is 3. The van der Waals surface area contributed by atoms with Crippen molar-refractivity contribution in [1.29, 1.82) is 0 Å². The number of nitrogens with one attached hydrogen (secondary N) is 2. The number of carbonyl (C=O) groups is 2. The molecule has 9 heteroatoms. The van der Waals surface area contributed by atoms with Crippen molar-refractivity contribution in [3.05, 3.63) is 23.8 Å². The van der Waals surface area contributed by atoms with Crippen LogP contribution in [0.1, 0.15) is 25.8 Å². The third-order valence-electron chi connectivity index (χ3n) is 4.31. The molecule has 0 spiro atoms. The van der Waals surface area contributed by atoms with Gasteiger partial charge in [-0.15, -0.1) is 0 Å². The van der Waals surface area contributed by atoms with Gasteiger partial charge in [0.25, 0.3) is 0 Å². The molecule has 1 heterocycles. The molecule has 1 aromatic rings. The van der Waals surface area contributed by atoms with E-state index in [9.17, 15) is 18.0 Å². The van der Waals surface area contributed by atoms with E-state index in [1.165, 1.54) is 4.31 Å². The molecule has 1 saturated heterocycles. The van der Waals surface area contributed by atoms with Crippen molar-refractivity contribution in [3.63, 3.8) is 0 Å². The summed E-state index contributed by atoms with van der Waals surface area (Å²) >= 11 is 0. The molecule has 1 aliphatic rings. The Kier molecular flexibility index (Phi) is 6.25. The van der Waals surface area contributed by atoms with E-state index in [2.05, 4.69) is 10.6 Å². The quantitative estimate of drug-likeness (QED) is 0.664. The van der Waals surface area contributed by atoms with Crippen LogP contribution in [-0.4, -0.2) is 45.1 Å². The van der Waals surface area contributed by atoms with Crippen LogP contribution in [0.4, 0.5) is 11.4 Å². The first kappa shape index (κ1) is 20.2. The molecule has 1 aromatic carbocycles. The fourth-order valence-corrected chi connectivity index (χ4v) is 4.28. The Hall–Kier alpha value is -2.13. The van der Waals surface area contributed by atoms with Crippen LogP contribution in [0.15, 0.2) is 18.2 Å². The summed E-state index contributed by atoms with van der Waals surface area (Å²) in [5, 5.41) is 5.16. The monoisotopic (exact) mass is 382 g/mol. The Morgan fingerprint density at radius 2 is 2.00 bits per heavy atom. The van der Waals surface area contributed by atoms with E-state index in [1.54, 1.807) is 18.2 Å². The van der Waals surface area contributed by atoms with Crippen molar-refractivity contribution in [2.75, 3.05) is 28.5 Å². The van der Waals surface area contributed by atoms with Crippen molar-refractivity contribution >= 4 is 33.2 Å². The highest BCUT2D eigenvalue weighted by Crippen LogP contribution is 2.29. The summed E-state index contributed by atoms with van der Waals surface area (Å²) in [7, 11) is -3.30. The van der Waals surface area contributed by atoms with Crippen molar-refractivity contribution in [2.45, 2.75) is 33.2 Å². The van der Waals surface area contributed by atoms with E-state index in [0.717, 1.165) is 5.56 Å². The van der Waals surface area contributed by atoms with Crippen molar-refractivity contribution < 1.29 is 18.0 Å². The summed E-state index contributed by atoms with van der Waals surface area (Å²) in [6.07, 6.45) is 0.584. The second-order valence-corrected chi connectivity index (χ2v) is 8.79. The zero-order valence-corrected chi connectivity index (χ0v) is 16.1. The van der Waals surface area contributed by atoms with E-state index >= 15 is 0 Å². The number of hydrogen-bond acceptors (Lipinski definition) is 5. The van der Waals surface area contributed by atoms with Crippen LogP contribution in [-0.2, 0) is 19.6 Å². The number of anilines is 2. The summed E-state index contributed by atoms with van der Waals surface area (Å²) in [5.74, 6) is -0.693. The number of nitrogens with zero attached hydrogens (tertiary/aromatic N) is 1. The van der Waals surface area contributed by atoms with Gasteiger partial charge in [0.1, 0.15) is 0 Å². The molecule has 0 aromatic heterocycles. The molecule has 144 valence electrons. The first-order chi connectivity index (χ1) is 12.1. The van der Waals surface area contributed by atoms with Crippen LogP contribution in [0.5, 0.6) is 0 Å². The summed E-state index contributed by atoms with van der Waals surface area (Å²) in [6.45, 7) is 5.70. The van der Waals surface area contributed by atoms with Crippen molar-refractivity contribution in [1.82, 2.24) is 5.32 Å². The highest BCUT2D eigenvalue weighted by Gasteiger charge is 2.29. The Labute approximate surface area is 154 Å². The zero-order valence-electron chi connectivity index (χ0n) is 15.3. The van der Waals surface area contributed by atoms with Gasteiger partial charge >= 0.3 is 0 Å². The summed E-state index contributed by atoms with van der Waals surface area (Å²) in [6, 6.07) is 4.42. The van der Waals surface area contributed by atoms with Gasteiger partial charge < -0.3 is 16.4 Å². The van der Waals surface area contributed by atoms with E-state index in [4.69, 9.17) is 5.73 Å². The Morgan fingerprint density at radius 1 is 1.31 bits per heavy atom. The summed E-state index contributed by atoms with van der Waals surface area (Å²) in [4.78, 5) is 23.9. The molecular weight excluding hydrogens is 356 g/mol. The molecule has 0 bridgehead atoms. The number of nitrogens with two attached hydrogens (primary N) is 1. The van der Waals surface area contributed by atoms with Gasteiger partial charge in [0, 0.05) is 12.2 Å².